The maximum atomic E-state index is 9.85. The van der Waals surface area contributed by atoms with E-state index in [9.17, 15) is 5.11 Å². The third-order valence-corrected chi connectivity index (χ3v) is 3.43. The van der Waals surface area contributed by atoms with E-state index < -0.39 is 0 Å². The van der Waals surface area contributed by atoms with Crippen LogP contribution in [0, 0.1) is 0 Å². The standard InChI is InChI=1S/C15H15NO2/c1-18-14-8-3-2-5-11(14)15-10-6-4-7-13(17)12(10)9-16-15/h2-8,15-17H,9H2,1H3. The second kappa shape index (κ2) is 4.35. The Kier molecular flexibility index (Phi) is 2.68. The maximum absolute atomic E-state index is 9.85. The summed E-state index contributed by atoms with van der Waals surface area (Å²) >= 11 is 0. The van der Waals surface area contributed by atoms with Crippen molar-refractivity contribution in [2.75, 3.05) is 7.11 Å². The topological polar surface area (TPSA) is 41.5 Å². The minimum absolute atomic E-state index is 0.0863. The number of para-hydroxylation sites is 1. The van der Waals surface area contributed by atoms with Crippen LogP contribution in [0.2, 0.25) is 0 Å². The van der Waals surface area contributed by atoms with Gasteiger partial charge in [0.15, 0.2) is 0 Å². The van der Waals surface area contributed by atoms with Crippen molar-refractivity contribution in [2.45, 2.75) is 12.6 Å². The van der Waals surface area contributed by atoms with Gasteiger partial charge in [-0.05, 0) is 17.7 Å². The van der Waals surface area contributed by atoms with Gasteiger partial charge in [0.1, 0.15) is 11.5 Å². The van der Waals surface area contributed by atoms with Gasteiger partial charge in [-0.2, -0.15) is 0 Å². The van der Waals surface area contributed by atoms with Gasteiger partial charge in [0, 0.05) is 17.7 Å². The Bertz CT molecular complexity index is 580. The van der Waals surface area contributed by atoms with E-state index in [-0.39, 0.29) is 6.04 Å². The van der Waals surface area contributed by atoms with Crippen LogP contribution in [0.4, 0.5) is 0 Å². The molecule has 0 spiro atoms. The van der Waals surface area contributed by atoms with Crippen molar-refractivity contribution in [1.82, 2.24) is 5.32 Å². The third-order valence-electron chi connectivity index (χ3n) is 3.43. The largest absolute Gasteiger partial charge is 0.508 e. The number of phenolic OH excluding ortho intramolecular Hbond substituents is 1. The third kappa shape index (κ3) is 1.64. The van der Waals surface area contributed by atoms with Crippen LogP contribution in [0.25, 0.3) is 0 Å². The molecule has 2 N–H and O–H groups in total. The molecule has 0 fully saturated rings. The summed E-state index contributed by atoms with van der Waals surface area (Å²) in [4.78, 5) is 0. The zero-order valence-electron chi connectivity index (χ0n) is 10.2. The molecule has 1 aliphatic rings. The molecule has 0 radical (unpaired) electrons. The number of hydrogen-bond acceptors (Lipinski definition) is 3. The molecule has 3 rings (SSSR count). The molecule has 2 aromatic carbocycles. The van der Waals surface area contributed by atoms with E-state index in [4.69, 9.17) is 4.74 Å². The summed E-state index contributed by atoms with van der Waals surface area (Å²) in [6.07, 6.45) is 0. The highest BCUT2D eigenvalue weighted by molar-refractivity contribution is 5.50. The molecular formula is C15H15NO2. The van der Waals surface area contributed by atoms with Crippen molar-refractivity contribution in [3.8, 4) is 11.5 Å². The lowest BCUT2D eigenvalue weighted by molar-refractivity contribution is 0.405. The lowest BCUT2D eigenvalue weighted by Crippen LogP contribution is -2.14. The fourth-order valence-electron chi connectivity index (χ4n) is 2.55. The Labute approximate surface area is 106 Å². The second-order valence-electron chi connectivity index (χ2n) is 4.40. The number of aromatic hydroxyl groups is 1. The second-order valence-corrected chi connectivity index (χ2v) is 4.40. The average Bonchev–Trinajstić information content (AvgIpc) is 2.84. The highest BCUT2D eigenvalue weighted by atomic mass is 16.5. The van der Waals surface area contributed by atoms with Crippen LogP contribution >= 0.6 is 0 Å². The van der Waals surface area contributed by atoms with E-state index in [1.54, 1.807) is 13.2 Å². The van der Waals surface area contributed by atoms with E-state index in [0.717, 1.165) is 22.4 Å². The van der Waals surface area contributed by atoms with Crippen molar-refractivity contribution in [1.29, 1.82) is 0 Å². The zero-order chi connectivity index (χ0) is 12.5. The fourth-order valence-corrected chi connectivity index (χ4v) is 2.55. The SMILES string of the molecule is COc1ccccc1C1NCc2c(O)cccc21. The Morgan fingerprint density at radius 3 is 2.72 bits per heavy atom. The molecule has 1 unspecified atom stereocenters. The van der Waals surface area contributed by atoms with Gasteiger partial charge < -0.3 is 15.2 Å². The van der Waals surface area contributed by atoms with E-state index in [1.165, 1.54) is 0 Å². The first-order valence-electron chi connectivity index (χ1n) is 5.98. The van der Waals surface area contributed by atoms with Gasteiger partial charge in [0.05, 0.1) is 13.2 Å². The molecular weight excluding hydrogens is 226 g/mol. The van der Waals surface area contributed by atoms with Gasteiger partial charge in [0.2, 0.25) is 0 Å². The first-order chi connectivity index (χ1) is 8.81. The molecule has 1 heterocycles. The van der Waals surface area contributed by atoms with Crippen LogP contribution in [-0.4, -0.2) is 12.2 Å². The van der Waals surface area contributed by atoms with Gasteiger partial charge in [-0.15, -0.1) is 0 Å². The Balaban J connectivity index is 2.09. The quantitative estimate of drug-likeness (QED) is 0.849. The maximum Gasteiger partial charge on any atom is 0.123 e. The summed E-state index contributed by atoms with van der Waals surface area (Å²) in [7, 11) is 1.68. The van der Waals surface area contributed by atoms with Crippen LogP contribution in [-0.2, 0) is 6.54 Å². The van der Waals surface area contributed by atoms with Gasteiger partial charge in [-0.25, -0.2) is 0 Å². The summed E-state index contributed by atoms with van der Waals surface area (Å²) in [5.74, 6) is 1.23. The molecule has 92 valence electrons. The fraction of sp³-hybridized carbons (Fsp3) is 0.200. The molecule has 0 aromatic heterocycles. The van der Waals surface area contributed by atoms with Crippen molar-refractivity contribution in [3.05, 3.63) is 59.2 Å². The summed E-state index contributed by atoms with van der Waals surface area (Å²) < 4.78 is 5.40. The van der Waals surface area contributed by atoms with Gasteiger partial charge in [-0.3, -0.25) is 0 Å². The van der Waals surface area contributed by atoms with Crippen LogP contribution < -0.4 is 10.1 Å². The van der Waals surface area contributed by atoms with Crippen molar-refractivity contribution in [2.24, 2.45) is 0 Å². The van der Waals surface area contributed by atoms with E-state index in [1.807, 2.05) is 30.3 Å². The summed E-state index contributed by atoms with van der Waals surface area (Å²) in [6, 6.07) is 13.7. The van der Waals surface area contributed by atoms with Gasteiger partial charge >= 0.3 is 0 Å². The molecule has 3 nitrogen and oxygen atoms in total. The number of benzene rings is 2. The molecule has 0 saturated heterocycles. The van der Waals surface area contributed by atoms with Crippen molar-refractivity contribution in [3.63, 3.8) is 0 Å². The Hall–Kier alpha value is -2.00. The van der Waals surface area contributed by atoms with Crippen LogP contribution in [0.5, 0.6) is 11.5 Å². The van der Waals surface area contributed by atoms with Gasteiger partial charge in [0.25, 0.3) is 0 Å². The predicted molar refractivity (Wildman–Crippen MR) is 69.8 cm³/mol. The zero-order valence-corrected chi connectivity index (χ0v) is 10.2. The highest BCUT2D eigenvalue weighted by Crippen LogP contribution is 2.38. The number of phenols is 1. The molecule has 1 aliphatic heterocycles. The first kappa shape index (κ1) is 11.1. The van der Waals surface area contributed by atoms with Crippen molar-refractivity contribution >= 4 is 0 Å². The molecule has 2 aromatic rings. The van der Waals surface area contributed by atoms with Crippen LogP contribution in [0.1, 0.15) is 22.7 Å². The van der Waals surface area contributed by atoms with Crippen molar-refractivity contribution < 1.29 is 9.84 Å². The molecule has 0 bridgehead atoms. The normalized spacial score (nSPS) is 17.5. The monoisotopic (exact) mass is 241 g/mol. The molecule has 0 saturated carbocycles. The average molecular weight is 241 g/mol. The number of nitrogens with one attached hydrogen (secondary N) is 1. The number of rotatable bonds is 2. The number of hydrogen-bond donors (Lipinski definition) is 2. The van der Waals surface area contributed by atoms with Crippen LogP contribution in [0.15, 0.2) is 42.5 Å². The van der Waals surface area contributed by atoms with Crippen LogP contribution in [0.3, 0.4) is 0 Å². The summed E-state index contributed by atoms with van der Waals surface area (Å²) in [6.45, 7) is 0.685. The van der Waals surface area contributed by atoms with E-state index >= 15 is 0 Å². The van der Waals surface area contributed by atoms with E-state index in [0.29, 0.717) is 12.3 Å². The summed E-state index contributed by atoms with van der Waals surface area (Å²) in [5, 5.41) is 13.3. The number of ether oxygens (including phenoxy) is 1. The van der Waals surface area contributed by atoms with E-state index in [2.05, 4.69) is 11.4 Å². The Morgan fingerprint density at radius 2 is 1.89 bits per heavy atom. The molecule has 0 aliphatic carbocycles. The smallest absolute Gasteiger partial charge is 0.123 e. The first-order valence-corrected chi connectivity index (χ1v) is 5.98. The molecule has 0 amide bonds. The Morgan fingerprint density at radius 1 is 1.11 bits per heavy atom. The lowest BCUT2D eigenvalue weighted by Gasteiger charge is -2.16. The molecule has 3 heteroatoms. The predicted octanol–water partition coefficient (Wildman–Crippen LogP) is 2.59. The molecule has 18 heavy (non-hydrogen) atoms. The minimum atomic E-state index is 0.0863. The lowest BCUT2D eigenvalue weighted by atomic mass is 9.97. The van der Waals surface area contributed by atoms with Gasteiger partial charge in [-0.1, -0.05) is 30.3 Å². The number of fused-ring (bicyclic) bond motifs is 1. The highest BCUT2D eigenvalue weighted by Gasteiger charge is 2.27. The molecule has 1 atom stereocenters. The summed E-state index contributed by atoms with van der Waals surface area (Å²) in [5.41, 5.74) is 3.21. The number of methoxy groups -OCH3 is 1. The minimum Gasteiger partial charge on any atom is -0.508 e.